The van der Waals surface area contributed by atoms with Crippen LogP contribution in [0.3, 0.4) is 0 Å². The maximum Gasteiger partial charge on any atom is 0.268 e. The summed E-state index contributed by atoms with van der Waals surface area (Å²) >= 11 is 0. The van der Waals surface area contributed by atoms with E-state index in [0.29, 0.717) is 17.2 Å². The van der Waals surface area contributed by atoms with Crippen LogP contribution in [0.2, 0.25) is 0 Å². The van der Waals surface area contributed by atoms with Gasteiger partial charge < -0.3 is 24.7 Å². The van der Waals surface area contributed by atoms with Crippen LogP contribution in [0.4, 0.5) is 5.69 Å². The number of likely N-dealkylation sites (N-methyl/N-ethyl adjacent to an activating group) is 1. The first kappa shape index (κ1) is 21.5. The molecular formula is C24H28N4O4. The molecule has 2 aliphatic heterocycles. The standard InChI is InChI=1S/C24H28N4O4/c1-13(2)22-24(30)28(12-20(29)25-4)19-10-15(31-6)9-17(23(19)32-22)18-11-27(5)14(3)21-16(18)7-8-26-21/h7-11,13,22,26H,3,12H2,1-2,4-6H3,(H,25,29). The minimum Gasteiger partial charge on any atom is -0.497 e. The first-order valence-electron chi connectivity index (χ1n) is 10.5. The number of aromatic nitrogens is 1. The molecule has 0 aliphatic carbocycles. The van der Waals surface area contributed by atoms with Crippen LogP contribution in [-0.2, 0) is 9.59 Å². The molecule has 168 valence electrons. The van der Waals surface area contributed by atoms with Crippen molar-refractivity contribution in [3.8, 4) is 11.5 Å². The zero-order valence-corrected chi connectivity index (χ0v) is 19.0. The fraction of sp³-hybridized carbons (Fsp3) is 0.333. The van der Waals surface area contributed by atoms with E-state index in [1.54, 1.807) is 20.2 Å². The summed E-state index contributed by atoms with van der Waals surface area (Å²) in [7, 11) is 5.05. The number of amides is 2. The minimum absolute atomic E-state index is 0.0802. The van der Waals surface area contributed by atoms with Gasteiger partial charge >= 0.3 is 0 Å². The van der Waals surface area contributed by atoms with Crippen molar-refractivity contribution in [1.82, 2.24) is 15.2 Å². The van der Waals surface area contributed by atoms with E-state index in [2.05, 4.69) is 16.9 Å². The van der Waals surface area contributed by atoms with Gasteiger partial charge in [0.2, 0.25) is 5.91 Å². The van der Waals surface area contributed by atoms with Gasteiger partial charge in [-0.1, -0.05) is 20.4 Å². The zero-order valence-electron chi connectivity index (χ0n) is 19.0. The van der Waals surface area contributed by atoms with Crippen molar-refractivity contribution in [2.45, 2.75) is 20.0 Å². The SMILES string of the molecule is C=C1c2[nH]ccc2C(c2cc(OC)cc3c2OC(C(C)C)C(=O)N3CC(=O)NC)=CN1C. The number of nitrogens with one attached hydrogen (secondary N) is 2. The predicted octanol–water partition coefficient (Wildman–Crippen LogP) is 2.82. The van der Waals surface area contributed by atoms with Gasteiger partial charge in [0.1, 0.15) is 12.3 Å². The van der Waals surface area contributed by atoms with Crippen LogP contribution in [-0.4, -0.2) is 55.6 Å². The Bertz CT molecular complexity index is 1130. The van der Waals surface area contributed by atoms with E-state index in [1.807, 2.05) is 50.3 Å². The van der Waals surface area contributed by atoms with E-state index in [-0.39, 0.29) is 24.3 Å². The number of hydrogen-bond donors (Lipinski definition) is 2. The number of hydrogen-bond acceptors (Lipinski definition) is 5. The molecule has 8 nitrogen and oxygen atoms in total. The van der Waals surface area contributed by atoms with Crippen LogP contribution in [0.15, 0.2) is 37.2 Å². The van der Waals surface area contributed by atoms with E-state index >= 15 is 0 Å². The highest BCUT2D eigenvalue weighted by atomic mass is 16.5. The van der Waals surface area contributed by atoms with Gasteiger partial charge in [0.05, 0.1) is 24.2 Å². The number of carbonyl (C=O) groups excluding carboxylic acids is 2. The number of nitrogens with zero attached hydrogens (tertiary/aromatic N) is 2. The minimum atomic E-state index is -0.707. The van der Waals surface area contributed by atoms with Crippen molar-refractivity contribution < 1.29 is 19.1 Å². The highest BCUT2D eigenvalue weighted by Crippen LogP contribution is 2.47. The third-order valence-electron chi connectivity index (χ3n) is 5.87. The van der Waals surface area contributed by atoms with Crippen LogP contribution >= 0.6 is 0 Å². The summed E-state index contributed by atoms with van der Waals surface area (Å²) in [5.41, 5.74) is 4.93. The van der Waals surface area contributed by atoms with Gasteiger partial charge in [-0.05, 0) is 18.1 Å². The number of methoxy groups -OCH3 is 1. The summed E-state index contributed by atoms with van der Waals surface area (Å²) in [5, 5.41) is 2.60. The Balaban J connectivity index is 1.95. The van der Waals surface area contributed by atoms with Crippen molar-refractivity contribution in [2.24, 2.45) is 5.92 Å². The summed E-state index contributed by atoms with van der Waals surface area (Å²) in [6.45, 7) is 7.90. The summed E-state index contributed by atoms with van der Waals surface area (Å²) in [6.07, 6.45) is 3.15. The molecule has 2 aliphatic rings. The Morgan fingerprint density at radius 3 is 2.75 bits per heavy atom. The van der Waals surface area contributed by atoms with Gasteiger partial charge in [-0.3, -0.25) is 14.5 Å². The molecule has 0 radical (unpaired) electrons. The Hall–Kier alpha value is -3.68. The van der Waals surface area contributed by atoms with Crippen molar-refractivity contribution in [3.63, 3.8) is 0 Å². The summed E-state index contributed by atoms with van der Waals surface area (Å²) < 4.78 is 11.9. The maximum atomic E-state index is 13.3. The Morgan fingerprint density at radius 1 is 1.34 bits per heavy atom. The molecule has 0 fully saturated rings. The highest BCUT2D eigenvalue weighted by molar-refractivity contribution is 6.06. The van der Waals surface area contributed by atoms with Crippen molar-refractivity contribution >= 4 is 28.8 Å². The Labute approximate surface area is 187 Å². The molecule has 1 aromatic heterocycles. The van der Waals surface area contributed by atoms with Gasteiger partial charge in [0.25, 0.3) is 5.91 Å². The van der Waals surface area contributed by atoms with Crippen molar-refractivity contribution in [2.75, 3.05) is 32.6 Å². The molecular weight excluding hydrogens is 408 g/mol. The first-order valence-corrected chi connectivity index (χ1v) is 10.5. The number of benzene rings is 1. The topological polar surface area (TPSA) is 86.9 Å². The van der Waals surface area contributed by atoms with Crippen LogP contribution < -0.4 is 19.7 Å². The molecule has 1 unspecified atom stereocenters. The summed E-state index contributed by atoms with van der Waals surface area (Å²) in [4.78, 5) is 32.2. The van der Waals surface area contributed by atoms with Crippen LogP contribution in [0.1, 0.15) is 30.7 Å². The molecule has 2 N–H and O–H groups in total. The van der Waals surface area contributed by atoms with E-state index in [0.717, 1.165) is 28.1 Å². The molecule has 3 heterocycles. The predicted molar refractivity (Wildman–Crippen MR) is 123 cm³/mol. The monoisotopic (exact) mass is 436 g/mol. The average Bonchev–Trinajstić information content (AvgIpc) is 3.27. The number of rotatable bonds is 5. The lowest BCUT2D eigenvalue weighted by Crippen LogP contribution is -2.51. The van der Waals surface area contributed by atoms with Gasteiger partial charge in [0, 0.05) is 49.3 Å². The third-order valence-corrected chi connectivity index (χ3v) is 5.87. The fourth-order valence-corrected chi connectivity index (χ4v) is 4.05. The fourth-order valence-electron chi connectivity index (χ4n) is 4.05. The summed E-state index contributed by atoms with van der Waals surface area (Å²) in [5.74, 6) is 0.514. The molecule has 4 rings (SSSR count). The average molecular weight is 437 g/mol. The van der Waals surface area contributed by atoms with E-state index < -0.39 is 6.10 Å². The highest BCUT2D eigenvalue weighted by Gasteiger charge is 2.39. The van der Waals surface area contributed by atoms with E-state index in [4.69, 9.17) is 9.47 Å². The van der Waals surface area contributed by atoms with E-state index in [1.165, 1.54) is 4.90 Å². The largest absolute Gasteiger partial charge is 0.497 e. The van der Waals surface area contributed by atoms with Crippen molar-refractivity contribution in [3.05, 3.63) is 54.0 Å². The lowest BCUT2D eigenvalue weighted by molar-refractivity contribution is -0.130. The number of fused-ring (bicyclic) bond motifs is 2. The van der Waals surface area contributed by atoms with Gasteiger partial charge in [-0.2, -0.15) is 0 Å². The van der Waals surface area contributed by atoms with Gasteiger partial charge in [-0.15, -0.1) is 0 Å². The normalized spacial score (nSPS) is 17.6. The molecule has 1 aromatic carbocycles. The van der Waals surface area contributed by atoms with Gasteiger partial charge in [0.15, 0.2) is 11.9 Å². The van der Waals surface area contributed by atoms with Crippen LogP contribution in [0, 0.1) is 5.92 Å². The number of carbonyl (C=O) groups is 2. The molecule has 2 aromatic rings. The molecule has 8 heteroatoms. The summed E-state index contributed by atoms with van der Waals surface area (Å²) in [6, 6.07) is 5.62. The maximum absolute atomic E-state index is 13.3. The second-order valence-electron chi connectivity index (χ2n) is 8.27. The molecule has 2 amide bonds. The molecule has 1 atom stereocenters. The first-order chi connectivity index (χ1) is 15.3. The van der Waals surface area contributed by atoms with Crippen LogP contribution in [0.25, 0.3) is 11.3 Å². The van der Waals surface area contributed by atoms with Crippen LogP contribution in [0.5, 0.6) is 11.5 Å². The molecule has 0 saturated heterocycles. The quantitative estimate of drug-likeness (QED) is 0.753. The second-order valence-corrected chi connectivity index (χ2v) is 8.27. The second kappa shape index (κ2) is 8.11. The Morgan fingerprint density at radius 2 is 2.09 bits per heavy atom. The molecule has 0 saturated carbocycles. The lowest BCUT2D eigenvalue weighted by Gasteiger charge is -2.37. The molecule has 32 heavy (non-hydrogen) atoms. The molecule has 0 spiro atoms. The third kappa shape index (κ3) is 3.41. The van der Waals surface area contributed by atoms with E-state index in [9.17, 15) is 9.59 Å². The zero-order chi connectivity index (χ0) is 23.2. The number of ether oxygens (including phenoxy) is 2. The smallest absolute Gasteiger partial charge is 0.268 e. The molecule has 0 bridgehead atoms. The van der Waals surface area contributed by atoms with Gasteiger partial charge in [-0.25, -0.2) is 0 Å². The number of H-pyrrole nitrogens is 1. The van der Waals surface area contributed by atoms with Crippen molar-refractivity contribution in [1.29, 1.82) is 0 Å². The lowest BCUT2D eigenvalue weighted by atomic mass is 9.92. The number of aromatic amines is 1. The number of anilines is 1. The Kier molecular flexibility index (Phi) is 5.46.